The first-order chi connectivity index (χ1) is 5.08. The standard InChI is InChI=1S/C9H19NO/c1-9(2,3)7-10-8-4-5-11-6-8/h8,10H,4-7H2,1-3H3. The Kier molecular flexibility index (Phi) is 2.90. The first-order valence-electron chi connectivity index (χ1n) is 4.39. The Hall–Kier alpha value is -0.0800. The highest BCUT2D eigenvalue weighted by atomic mass is 16.5. The molecule has 1 N–H and O–H groups in total. The molecule has 0 aromatic carbocycles. The molecular formula is C9H19NO. The van der Waals surface area contributed by atoms with Crippen LogP contribution in [0.25, 0.3) is 0 Å². The second-order valence-corrected chi connectivity index (χ2v) is 4.50. The van der Waals surface area contributed by atoms with E-state index in [9.17, 15) is 0 Å². The number of nitrogens with one attached hydrogen (secondary N) is 1. The van der Waals surface area contributed by atoms with Crippen LogP contribution in [-0.2, 0) is 4.74 Å². The van der Waals surface area contributed by atoms with E-state index in [2.05, 4.69) is 26.1 Å². The molecule has 0 aromatic rings. The Balaban J connectivity index is 2.11. The maximum atomic E-state index is 5.26. The van der Waals surface area contributed by atoms with Gasteiger partial charge in [-0.2, -0.15) is 0 Å². The predicted octanol–water partition coefficient (Wildman–Crippen LogP) is 1.41. The molecule has 0 spiro atoms. The summed E-state index contributed by atoms with van der Waals surface area (Å²) >= 11 is 0. The fourth-order valence-corrected chi connectivity index (χ4v) is 1.15. The van der Waals surface area contributed by atoms with Gasteiger partial charge in [0.25, 0.3) is 0 Å². The zero-order chi connectivity index (χ0) is 8.32. The summed E-state index contributed by atoms with van der Waals surface area (Å²) in [6, 6.07) is 0.606. The van der Waals surface area contributed by atoms with Crippen LogP contribution < -0.4 is 5.32 Å². The van der Waals surface area contributed by atoms with Gasteiger partial charge in [0.1, 0.15) is 0 Å². The maximum Gasteiger partial charge on any atom is 0.0620 e. The van der Waals surface area contributed by atoms with E-state index in [-0.39, 0.29) is 0 Å². The van der Waals surface area contributed by atoms with Gasteiger partial charge in [-0.1, -0.05) is 20.8 Å². The van der Waals surface area contributed by atoms with Crippen LogP contribution in [0.4, 0.5) is 0 Å². The van der Waals surface area contributed by atoms with Crippen molar-refractivity contribution >= 4 is 0 Å². The summed E-state index contributed by atoms with van der Waals surface area (Å²) in [6.45, 7) is 9.65. The highest BCUT2D eigenvalue weighted by Gasteiger charge is 2.17. The Labute approximate surface area is 69.3 Å². The van der Waals surface area contributed by atoms with E-state index in [1.807, 2.05) is 0 Å². The number of hydrogen-bond acceptors (Lipinski definition) is 2. The van der Waals surface area contributed by atoms with Crippen molar-refractivity contribution in [2.75, 3.05) is 19.8 Å². The van der Waals surface area contributed by atoms with Crippen LogP contribution in [0.1, 0.15) is 27.2 Å². The van der Waals surface area contributed by atoms with Gasteiger partial charge >= 0.3 is 0 Å². The summed E-state index contributed by atoms with van der Waals surface area (Å²) in [5, 5.41) is 3.50. The lowest BCUT2D eigenvalue weighted by atomic mass is 9.96. The zero-order valence-corrected chi connectivity index (χ0v) is 7.81. The van der Waals surface area contributed by atoms with Gasteiger partial charge < -0.3 is 10.1 Å². The van der Waals surface area contributed by atoms with Crippen molar-refractivity contribution in [3.63, 3.8) is 0 Å². The maximum absolute atomic E-state index is 5.26. The van der Waals surface area contributed by atoms with Crippen LogP contribution in [0.5, 0.6) is 0 Å². The summed E-state index contributed by atoms with van der Waals surface area (Å²) in [5.74, 6) is 0. The molecule has 0 radical (unpaired) electrons. The molecule has 2 heteroatoms. The summed E-state index contributed by atoms with van der Waals surface area (Å²) in [5.41, 5.74) is 0.391. The zero-order valence-electron chi connectivity index (χ0n) is 7.81. The van der Waals surface area contributed by atoms with Crippen molar-refractivity contribution in [2.45, 2.75) is 33.2 Å². The second kappa shape index (κ2) is 3.55. The van der Waals surface area contributed by atoms with Gasteiger partial charge in [-0.3, -0.25) is 0 Å². The van der Waals surface area contributed by atoms with Gasteiger partial charge in [-0.05, 0) is 11.8 Å². The monoisotopic (exact) mass is 157 g/mol. The van der Waals surface area contributed by atoms with Crippen molar-refractivity contribution in [1.82, 2.24) is 5.32 Å². The number of ether oxygens (including phenoxy) is 1. The lowest BCUT2D eigenvalue weighted by molar-refractivity contribution is 0.187. The fourth-order valence-electron chi connectivity index (χ4n) is 1.15. The van der Waals surface area contributed by atoms with Gasteiger partial charge in [0.2, 0.25) is 0 Å². The van der Waals surface area contributed by atoms with Crippen LogP contribution in [0.15, 0.2) is 0 Å². The molecule has 2 nitrogen and oxygen atoms in total. The Bertz CT molecular complexity index is 111. The molecule has 0 amide bonds. The summed E-state index contributed by atoms with van der Waals surface area (Å²) in [4.78, 5) is 0. The van der Waals surface area contributed by atoms with Crippen molar-refractivity contribution < 1.29 is 4.74 Å². The highest BCUT2D eigenvalue weighted by Crippen LogP contribution is 2.12. The molecule has 1 rings (SSSR count). The smallest absolute Gasteiger partial charge is 0.0620 e. The second-order valence-electron chi connectivity index (χ2n) is 4.50. The van der Waals surface area contributed by atoms with E-state index >= 15 is 0 Å². The van der Waals surface area contributed by atoms with Gasteiger partial charge in [-0.25, -0.2) is 0 Å². The number of hydrogen-bond donors (Lipinski definition) is 1. The topological polar surface area (TPSA) is 21.3 Å². The average molecular weight is 157 g/mol. The van der Waals surface area contributed by atoms with Crippen molar-refractivity contribution in [1.29, 1.82) is 0 Å². The van der Waals surface area contributed by atoms with Crippen molar-refractivity contribution in [3.05, 3.63) is 0 Å². The number of rotatable bonds is 2. The SMILES string of the molecule is CC(C)(C)CNC1CCOC1. The molecule has 1 aliphatic heterocycles. The summed E-state index contributed by atoms with van der Waals surface area (Å²) in [6.07, 6.45) is 1.18. The van der Waals surface area contributed by atoms with E-state index in [0.29, 0.717) is 11.5 Å². The largest absolute Gasteiger partial charge is 0.380 e. The molecule has 0 saturated carbocycles. The first kappa shape index (κ1) is 9.01. The van der Waals surface area contributed by atoms with E-state index in [1.165, 1.54) is 6.42 Å². The van der Waals surface area contributed by atoms with Crippen LogP contribution in [0, 0.1) is 5.41 Å². The third-order valence-electron chi connectivity index (χ3n) is 1.85. The minimum atomic E-state index is 0.391. The van der Waals surface area contributed by atoms with Crippen LogP contribution in [0.2, 0.25) is 0 Å². The van der Waals surface area contributed by atoms with E-state index in [4.69, 9.17) is 4.74 Å². The third-order valence-corrected chi connectivity index (χ3v) is 1.85. The van der Waals surface area contributed by atoms with Gasteiger partial charge in [-0.15, -0.1) is 0 Å². The molecule has 0 bridgehead atoms. The molecule has 66 valence electrons. The van der Waals surface area contributed by atoms with Crippen molar-refractivity contribution in [3.8, 4) is 0 Å². The van der Waals surface area contributed by atoms with E-state index < -0.39 is 0 Å². The molecular weight excluding hydrogens is 138 g/mol. The lowest BCUT2D eigenvalue weighted by Crippen LogP contribution is -2.35. The molecule has 1 aliphatic rings. The average Bonchev–Trinajstić information content (AvgIpc) is 2.32. The molecule has 1 heterocycles. The Morgan fingerprint density at radius 3 is 2.64 bits per heavy atom. The lowest BCUT2D eigenvalue weighted by Gasteiger charge is -2.21. The van der Waals surface area contributed by atoms with Crippen LogP contribution in [-0.4, -0.2) is 25.8 Å². The summed E-state index contributed by atoms with van der Waals surface area (Å²) < 4.78 is 5.26. The van der Waals surface area contributed by atoms with Crippen molar-refractivity contribution in [2.24, 2.45) is 5.41 Å². The molecule has 11 heavy (non-hydrogen) atoms. The quantitative estimate of drug-likeness (QED) is 0.654. The third kappa shape index (κ3) is 3.73. The molecule has 1 unspecified atom stereocenters. The van der Waals surface area contributed by atoms with Gasteiger partial charge in [0.15, 0.2) is 0 Å². The summed E-state index contributed by atoms with van der Waals surface area (Å²) in [7, 11) is 0. The predicted molar refractivity (Wildman–Crippen MR) is 46.7 cm³/mol. The Morgan fingerprint density at radius 1 is 1.45 bits per heavy atom. The normalized spacial score (nSPS) is 25.9. The minimum Gasteiger partial charge on any atom is -0.380 e. The van der Waals surface area contributed by atoms with Gasteiger partial charge in [0.05, 0.1) is 6.61 Å². The van der Waals surface area contributed by atoms with Crippen LogP contribution >= 0.6 is 0 Å². The van der Waals surface area contributed by atoms with E-state index in [0.717, 1.165) is 19.8 Å². The molecule has 0 aromatic heterocycles. The first-order valence-corrected chi connectivity index (χ1v) is 4.39. The molecule has 1 fully saturated rings. The molecule has 0 aliphatic carbocycles. The molecule has 1 atom stereocenters. The fraction of sp³-hybridized carbons (Fsp3) is 1.00. The molecule has 1 saturated heterocycles. The van der Waals surface area contributed by atoms with E-state index in [1.54, 1.807) is 0 Å². The minimum absolute atomic E-state index is 0.391. The van der Waals surface area contributed by atoms with Gasteiger partial charge in [0, 0.05) is 19.2 Å². The van der Waals surface area contributed by atoms with Crippen LogP contribution in [0.3, 0.4) is 0 Å². The highest BCUT2D eigenvalue weighted by molar-refractivity contribution is 4.74. The Morgan fingerprint density at radius 2 is 2.18 bits per heavy atom.